The van der Waals surface area contributed by atoms with Gasteiger partial charge in [-0.3, -0.25) is 9.59 Å². The van der Waals surface area contributed by atoms with Crippen molar-refractivity contribution in [3.05, 3.63) is 54.1 Å². The molecule has 5 heteroatoms. The van der Waals surface area contributed by atoms with E-state index in [0.717, 1.165) is 42.4 Å². The monoisotopic (exact) mass is 391 g/mol. The van der Waals surface area contributed by atoms with Crippen LogP contribution in [-0.4, -0.2) is 31.4 Å². The van der Waals surface area contributed by atoms with E-state index in [0.29, 0.717) is 6.54 Å². The van der Waals surface area contributed by atoms with E-state index in [4.69, 9.17) is 0 Å². The first-order valence-corrected chi connectivity index (χ1v) is 10.6. The van der Waals surface area contributed by atoms with Crippen molar-refractivity contribution in [2.45, 2.75) is 33.1 Å². The maximum Gasteiger partial charge on any atom is 0.229 e. The molecule has 2 aromatic rings. The molecule has 2 aromatic carbocycles. The van der Waals surface area contributed by atoms with Gasteiger partial charge in [-0.15, -0.1) is 0 Å². The lowest BCUT2D eigenvalue weighted by Gasteiger charge is -2.20. The smallest absolute Gasteiger partial charge is 0.229 e. The molecule has 0 aromatic heterocycles. The highest BCUT2D eigenvalue weighted by Gasteiger charge is 2.35. The average molecular weight is 392 g/mol. The van der Waals surface area contributed by atoms with Crippen molar-refractivity contribution in [1.82, 2.24) is 0 Å². The highest BCUT2D eigenvalue weighted by Crippen LogP contribution is 2.30. The van der Waals surface area contributed by atoms with Gasteiger partial charge in [-0.2, -0.15) is 0 Å². The van der Waals surface area contributed by atoms with Crippen molar-refractivity contribution < 1.29 is 9.59 Å². The molecule has 152 valence electrons. The summed E-state index contributed by atoms with van der Waals surface area (Å²) in [7, 11) is 0. The van der Waals surface area contributed by atoms with Crippen LogP contribution in [0.4, 0.5) is 17.1 Å². The van der Waals surface area contributed by atoms with E-state index < -0.39 is 0 Å². The van der Waals surface area contributed by atoms with Gasteiger partial charge in [0.25, 0.3) is 0 Å². The van der Waals surface area contributed by atoms with Gasteiger partial charge in [0.05, 0.1) is 5.92 Å². The van der Waals surface area contributed by atoms with Crippen LogP contribution in [0.15, 0.2) is 48.5 Å². The average Bonchev–Trinajstić information content (AvgIpc) is 3.34. The van der Waals surface area contributed by atoms with Crippen LogP contribution in [0, 0.1) is 11.8 Å². The number of amides is 2. The van der Waals surface area contributed by atoms with Gasteiger partial charge in [-0.05, 0) is 54.7 Å². The number of hydrogen-bond acceptors (Lipinski definition) is 3. The van der Waals surface area contributed by atoms with Crippen LogP contribution in [0.1, 0.15) is 32.3 Å². The lowest BCUT2D eigenvalue weighted by Crippen LogP contribution is -2.28. The zero-order valence-corrected chi connectivity index (χ0v) is 17.2. The van der Waals surface area contributed by atoms with E-state index in [1.54, 1.807) is 4.90 Å². The predicted octanol–water partition coefficient (Wildman–Crippen LogP) is 4.09. The fraction of sp³-hybridized carbons (Fsp3) is 0.417. The summed E-state index contributed by atoms with van der Waals surface area (Å²) in [4.78, 5) is 29.5. The van der Waals surface area contributed by atoms with Crippen molar-refractivity contribution in [2.75, 3.05) is 34.8 Å². The summed E-state index contributed by atoms with van der Waals surface area (Å²) in [5.74, 6) is 0.337. The van der Waals surface area contributed by atoms with Crippen LogP contribution in [0.25, 0.3) is 0 Å². The summed E-state index contributed by atoms with van der Waals surface area (Å²) in [5.41, 5.74) is 4.05. The van der Waals surface area contributed by atoms with Crippen LogP contribution < -0.4 is 15.1 Å². The van der Waals surface area contributed by atoms with Crippen molar-refractivity contribution in [2.24, 2.45) is 11.8 Å². The second-order valence-corrected chi connectivity index (χ2v) is 8.26. The number of para-hydroxylation sites is 1. The van der Waals surface area contributed by atoms with Gasteiger partial charge < -0.3 is 15.1 Å². The molecular formula is C24H29N3O2. The third kappa shape index (κ3) is 4.14. The number of nitrogens with zero attached hydrogens (tertiary/aromatic N) is 2. The Morgan fingerprint density at radius 3 is 2.55 bits per heavy atom. The third-order valence-corrected chi connectivity index (χ3v) is 6.08. The lowest BCUT2D eigenvalue weighted by atomic mass is 10.1. The second kappa shape index (κ2) is 8.27. The molecule has 0 saturated carbocycles. The number of carbonyl (C=O) groups is 2. The minimum atomic E-state index is -0.327. The first-order valence-electron chi connectivity index (χ1n) is 10.6. The fourth-order valence-electron chi connectivity index (χ4n) is 4.36. The SMILES string of the molecule is CCc1ccccc1N1CC(C(=O)Nc2ccc(N3CCC(C)C3)cc2)CC1=O. The molecule has 1 N–H and O–H groups in total. The summed E-state index contributed by atoms with van der Waals surface area (Å²) in [5, 5.41) is 3.00. The number of aryl methyl sites for hydroxylation is 1. The Balaban J connectivity index is 1.39. The molecule has 2 fully saturated rings. The molecule has 2 amide bonds. The van der Waals surface area contributed by atoms with Gasteiger partial charge in [-0.1, -0.05) is 32.0 Å². The van der Waals surface area contributed by atoms with E-state index in [-0.39, 0.29) is 24.2 Å². The van der Waals surface area contributed by atoms with Crippen LogP contribution in [0.2, 0.25) is 0 Å². The summed E-state index contributed by atoms with van der Waals surface area (Å²) in [6, 6.07) is 16.0. The van der Waals surface area contributed by atoms with Gasteiger partial charge >= 0.3 is 0 Å². The molecule has 29 heavy (non-hydrogen) atoms. The maximum atomic E-state index is 12.8. The van der Waals surface area contributed by atoms with Crippen LogP contribution in [-0.2, 0) is 16.0 Å². The number of benzene rings is 2. The highest BCUT2D eigenvalue weighted by molar-refractivity contribution is 6.03. The Kier molecular flexibility index (Phi) is 5.56. The molecule has 0 bridgehead atoms. The molecule has 2 aliphatic rings. The normalized spacial score (nSPS) is 21.7. The fourth-order valence-corrected chi connectivity index (χ4v) is 4.36. The topological polar surface area (TPSA) is 52.7 Å². The van der Waals surface area contributed by atoms with Crippen molar-refractivity contribution in [3.8, 4) is 0 Å². The van der Waals surface area contributed by atoms with Gasteiger partial charge in [0.2, 0.25) is 11.8 Å². The molecule has 0 spiro atoms. The van der Waals surface area contributed by atoms with Crippen molar-refractivity contribution in [3.63, 3.8) is 0 Å². The first-order chi connectivity index (χ1) is 14.0. The number of carbonyl (C=O) groups excluding carboxylic acids is 2. The van der Waals surface area contributed by atoms with Crippen molar-refractivity contribution >= 4 is 28.9 Å². The quantitative estimate of drug-likeness (QED) is 0.835. The summed E-state index contributed by atoms with van der Waals surface area (Å²) in [6.45, 7) is 6.97. The standard InChI is InChI=1S/C24H29N3O2/c1-3-18-6-4-5-7-22(18)27-16-19(14-23(27)28)24(29)25-20-8-10-21(11-9-20)26-13-12-17(2)15-26/h4-11,17,19H,3,12-16H2,1-2H3,(H,25,29). The number of rotatable bonds is 5. The molecular weight excluding hydrogens is 362 g/mol. The molecule has 2 saturated heterocycles. The zero-order chi connectivity index (χ0) is 20.4. The van der Waals surface area contributed by atoms with Crippen molar-refractivity contribution in [1.29, 1.82) is 0 Å². The summed E-state index contributed by atoms with van der Waals surface area (Å²) >= 11 is 0. The summed E-state index contributed by atoms with van der Waals surface area (Å²) in [6.07, 6.45) is 2.35. The molecule has 5 nitrogen and oxygen atoms in total. The molecule has 0 aliphatic carbocycles. The van der Waals surface area contributed by atoms with Crippen LogP contribution in [0.5, 0.6) is 0 Å². The maximum absolute atomic E-state index is 12.8. The van der Waals surface area contributed by atoms with E-state index in [9.17, 15) is 9.59 Å². The third-order valence-electron chi connectivity index (χ3n) is 6.08. The van der Waals surface area contributed by atoms with Gasteiger partial charge in [0.1, 0.15) is 0 Å². The van der Waals surface area contributed by atoms with Crippen LogP contribution in [0.3, 0.4) is 0 Å². The predicted molar refractivity (Wildman–Crippen MR) is 117 cm³/mol. The Hall–Kier alpha value is -2.82. The lowest BCUT2D eigenvalue weighted by molar-refractivity contribution is -0.122. The second-order valence-electron chi connectivity index (χ2n) is 8.26. The summed E-state index contributed by atoms with van der Waals surface area (Å²) < 4.78 is 0. The highest BCUT2D eigenvalue weighted by atomic mass is 16.2. The first kappa shape index (κ1) is 19.5. The minimum absolute atomic E-state index is 0.0181. The Morgan fingerprint density at radius 2 is 1.86 bits per heavy atom. The number of nitrogens with one attached hydrogen (secondary N) is 1. The number of anilines is 3. The molecule has 2 heterocycles. The van der Waals surface area contributed by atoms with E-state index >= 15 is 0 Å². The van der Waals surface area contributed by atoms with E-state index in [1.807, 2.05) is 36.4 Å². The Morgan fingerprint density at radius 1 is 1.10 bits per heavy atom. The molecule has 2 unspecified atom stereocenters. The molecule has 2 aliphatic heterocycles. The molecule has 2 atom stereocenters. The van der Waals surface area contributed by atoms with E-state index in [2.05, 4.69) is 36.2 Å². The van der Waals surface area contributed by atoms with Gasteiger partial charge in [0.15, 0.2) is 0 Å². The molecule has 0 radical (unpaired) electrons. The van der Waals surface area contributed by atoms with Crippen LogP contribution >= 0.6 is 0 Å². The largest absolute Gasteiger partial charge is 0.371 e. The minimum Gasteiger partial charge on any atom is -0.371 e. The number of hydrogen-bond donors (Lipinski definition) is 1. The van der Waals surface area contributed by atoms with E-state index in [1.165, 1.54) is 12.1 Å². The zero-order valence-electron chi connectivity index (χ0n) is 17.2. The van der Waals surface area contributed by atoms with Gasteiger partial charge in [0, 0.05) is 43.1 Å². The Labute approximate surface area is 172 Å². The Bertz CT molecular complexity index is 893. The molecule has 4 rings (SSSR count). The van der Waals surface area contributed by atoms with Gasteiger partial charge in [-0.25, -0.2) is 0 Å².